The first-order chi connectivity index (χ1) is 28.2. The molecule has 6 aliphatic heterocycles. The standard InChI is InChI=1S/C46H47N11/c1-4-14-32(15-5-1)44-53-45-51-40(36-20-18-33(55-24-10-2-11-25-55)28-38(36)49-42-16-6-8-22-47-42)30-35-31-41(52-46(54-44)57(35)45)37-21-19-34(56-26-12-3-13-27-56)29-39(37)50-43-17-7-9-23-48-43/h1,4-9,14-20,22,28-31,37,48,50H,2-3,10-13,21,23-27H2,(H,47,49). The lowest BCUT2D eigenvalue weighted by atomic mass is 9.90. The largest absolute Gasteiger partial charge is 0.372 e. The molecule has 2 fully saturated rings. The van der Waals surface area contributed by atoms with E-state index in [0.29, 0.717) is 17.8 Å². The van der Waals surface area contributed by atoms with Gasteiger partial charge in [-0.3, -0.25) is 0 Å². The van der Waals surface area contributed by atoms with Crippen molar-refractivity contribution in [2.75, 3.05) is 42.9 Å². The number of anilines is 3. The highest BCUT2D eigenvalue weighted by atomic mass is 15.4. The van der Waals surface area contributed by atoms with E-state index in [1.54, 1.807) is 0 Å². The number of likely N-dealkylation sites (tertiary alicyclic amines) is 1. The van der Waals surface area contributed by atoms with Gasteiger partial charge in [-0.1, -0.05) is 54.6 Å². The Hall–Kier alpha value is -6.49. The minimum absolute atomic E-state index is 0.0205. The van der Waals surface area contributed by atoms with Crippen molar-refractivity contribution in [3.63, 3.8) is 0 Å². The molecule has 10 rings (SSSR count). The number of nitrogens with zero attached hydrogens (tertiary/aromatic N) is 8. The summed E-state index contributed by atoms with van der Waals surface area (Å²) in [5.41, 5.74) is 9.12. The van der Waals surface area contributed by atoms with E-state index < -0.39 is 0 Å². The average molecular weight is 754 g/mol. The van der Waals surface area contributed by atoms with Crippen LogP contribution in [0.25, 0.3) is 0 Å². The van der Waals surface area contributed by atoms with Crippen LogP contribution in [0.15, 0.2) is 164 Å². The molecule has 0 saturated carbocycles. The molecule has 286 valence electrons. The van der Waals surface area contributed by atoms with Crippen molar-refractivity contribution in [2.45, 2.75) is 44.9 Å². The van der Waals surface area contributed by atoms with Gasteiger partial charge in [0.05, 0.1) is 22.8 Å². The predicted molar refractivity (Wildman–Crippen MR) is 230 cm³/mol. The van der Waals surface area contributed by atoms with Gasteiger partial charge in [-0.2, -0.15) is 9.98 Å². The van der Waals surface area contributed by atoms with Crippen molar-refractivity contribution >= 4 is 40.7 Å². The van der Waals surface area contributed by atoms with E-state index in [2.05, 4.69) is 91.5 Å². The van der Waals surface area contributed by atoms with E-state index >= 15 is 0 Å². The molecule has 0 amide bonds. The number of piperidine rings is 2. The van der Waals surface area contributed by atoms with Crippen molar-refractivity contribution in [2.24, 2.45) is 25.9 Å². The zero-order chi connectivity index (χ0) is 38.0. The van der Waals surface area contributed by atoms with Crippen LogP contribution in [0.4, 0.5) is 17.2 Å². The molecule has 2 aromatic carbocycles. The van der Waals surface area contributed by atoms with E-state index in [1.165, 1.54) is 49.9 Å². The normalized spacial score (nSPS) is 21.6. The SMILES string of the molecule is C1=CCNC(NC2=CC(N3CCCCC3)=CCC2C2=CC3=CC(c4ccc(N5CCCCC5)cc4Nc4ccccn4)=NC4=NC(c5ccccc5)=NC(=N2)N34)=C1. The van der Waals surface area contributed by atoms with Gasteiger partial charge < -0.3 is 25.8 Å². The van der Waals surface area contributed by atoms with Crippen molar-refractivity contribution < 1.29 is 0 Å². The monoisotopic (exact) mass is 753 g/mol. The fourth-order valence-corrected chi connectivity index (χ4v) is 8.51. The molecule has 0 bridgehead atoms. The van der Waals surface area contributed by atoms with Crippen LogP contribution in [-0.2, 0) is 0 Å². The predicted octanol–water partition coefficient (Wildman–Crippen LogP) is 7.74. The van der Waals surface area contributed by atoms with Gasteiger partial charge in [0, 0.05) is 73.0 Å². The molecule has 7 heterocycles. The van der Waals surface area contributed by atoms with Crippen molar-refractivity contribution in [1.29, 1.82) is 0 Å². The number of guanidine groups is 2. The second-order valence-electron chi connectivity index (χ2n) is 15.3. The zero-order valence-electron chi connectivity index (χ0n) is 32.1. The van der Waals surface area contributed by atoms with Crippen LogP contribution in [0.5, 0.6) is 0 Å². The van der Waals surface area contributed by atoms with E-state index in [1.807, 2.05) is 59.6 Å². The van der Waals surface area contributed by atoms with Crippen molar-refractivity contribution in [3.05, 3.63) is 155 Å². The third-order valence-corrected chi connectivity index (χ3v) is 11.5. The quantitative estimate of drug-likeness (QED) is 0.205. The number of hydrogen-bond donors (Lipinski definition) is 3. The van der Waals surface area contributed by atoms with Crippen LogP contribution in [-0.4, -0.2) is 71.0 Å². The van der Waals surface area contributed by atoms with Crippen LogP contribution in [0, 0.1) is 5.92 Å². The van der Waals surface area contributed by atoms with Gasteiger partial charge >= 0.3 is 0 Å². The number of aromatic nitrogens is 1. The molecule has 1 unspecified atom stereocenters. The number of dihydropyridines is 1. The number of amidine groups is 1. The smallest absolute Gasteiger partial charge is 0.239 e. The Labute approximate surface area is 334 Å². The number of allylic oxidation sites excluding steroid dienone is 6. The molecule has 11 nitrogen and oxygen atoms in total. The Balaban J connectivity index is 1.08. The molecule has 3 N–H and O–H groups in total. The van der Waals surface area contributed by atoms with E-state index in [0.717, 1.165) is 90.4 Å². The van der Waals surface area contributed by atoms with E-state index in [-0.39, 0.29) is 5.92 Å². The number of pyridine rings is 1. The Morgan fingerprint density at radius 1 is 0.702 bits per heavy atom. The van der Waals surface area contributed by atoms with Crippen LogP contribution < -0.4 is 20.9 Å². The minimum atomic E-state index is -0.0205. The molecular formula is C46H47N11. The molecule has 0 spiro atoms. The first-order valence-corrected chi connectivity index (χ1v) is 20.5. The van der Waals surface area contributed by atoms with Gasteiger partial charge in [-0.25, -0.2) is 19.9 Å². The third-order valence-electron chi connectivity index (χ3n) is 11.5. The van der Waals surface area contributed by atoms with Crippen molar-refractivity contribution in [3.8, 4) is 0 Å². The number of rotatable bonds is 9. The van der Waals surface area contributed by atoms with E-state index in [9.17, 15) is 0 Å². The van der Waals surface area contributed by atoms with Crippen LogP contribution in [0.1, 0.15) is 56.1 Å². The summed E-state index contributed by atoms with van der Waals surface area (Å²) in [6.45, 7) is 5.08. The number of aliphatic imine (C=N–C) groups is 4. The number of benzene rings is 2. The van der Waals surface area contributed by atoms with Crippen molar-refractivity contribution in [1.82, 2.24) is 25.4 Å². The molecule has 1 aliphatic carbocycles. The second-order valence-corrected chi connectivity index (χ2v) is 15.3. The van der Waals surface area contributed by atoms with Gasteiger partial charge in [0.1, 0.15) is 11.6 Å². The Morgan fingerprint density at radius 3 is 2.30 bits per heavy atom. The summed E-state index contributed by atoms with van der Waals surface area (Å²) >= 11 is 0. The number of nitrogens with one attached hydrogen (secondary N) is 3. The molecule has 3 aromatic rings. The van der Waals surface area contributed by atoms with Crippen LogP contribution in [0.3, 0.4) is 0 Å². The average Bonchev–Trinajstić information content (AvgIpc) is 3.28. The molecule has 1 aromatic heterocycles. The lowest BCUT2D eigenvalue weighted by molar-refractivity contribution is 0.289. The maximum absolute atomic E-state index is 5.32. The van der Waals surface area contributed by atoms with Gasteiger partial charge in [-0.05, 0) is 99.6 Å². The lowest BCUT2D eigenvalue weighted by Gasteiger charge is -2.37. The number of hydrogen-bond acceptors (Lipinski definition) is 11. The summed E-state index contributed by atoms with van der Waals surface area (Å²) in [7, 11) is 0. The molecule has 0 radical (unpaired) electrons. The van der Waals surface area contributed by atoms with Gasteiger partial charge in [0.15, 0.2) is 5.84 Å². The minimum Gasteiger partial charge on any atom is -0.372 e. The lowest BCUT2D eigenvalue weighted by Crippen LogP contribution is -2.43. The van der Waals surface area contributed by atoms with E-state index in [4.69, 9.17) is 20.0 Å². The molecule has 7 aliphatic rings. The van der Waals surface area contributed by atoms with Gasteiger partial charge in [0.25, 0.3) is 0 Å². The molecule has 1 atom stereocenters. The highest BCUT2D eigenvalue weighted by Crippen LogP contribution is 2.38. The summed E-state index contributed by atoms with van der Waals surface area (Å²) in [5, 5.41) is 10.9. The fraction of sp³-hybridized carbons (Fsp3) is 0.283. The highest BCUT2D eigenvalue weighted by molar-refractivity contribution is 6.26. The Morgan fingerprint density at radius 2 is 1.51 bits per heavy atom. The highest BCUT2D eigenvalue weighted by Gasteiger charge is 2.36. The maximum Gasteiger partial charge on any atom is 0.239 e. The van der Waals surface area contributed by atoms with Gasteiger partial charge in [-0.15, -0.1) is 0 Å². The summed E-state index contributed by atoms with van der Waals surface area (Å²) in [6.07, 6.45) is 25.5. The molecule has 11 heteroatoms. The summed E-state index contributed by atoms with van der Waals surface area (Å²) in [4.78, 5) is 32.4. The fourth-order valence-electron chi connectivity index (χ4n) is 8.51. The topological polar surface area (TPSA) is 108 Å². The first kappa shape index (κ1) is 35.0. The third kappa shape index (κ3) is 7.33. The van der Waals surface area contributed by atoms with Gasteiger partial charge in [0.2, 0.25) is 11.9 Å². The molecule has 2 saturated heterocycles. The molecule has 57 heavy (non-hydrogen) atoms. The zero-order valence-corrected chi connectivity index (χ0v) is 32.1. The Bertz CT molecular complexity index is 2350. The molecular weight excluding hydrogens is 707 g/mol. The summed E-state index contributed by atoms with van der Waals surface area (Å²) in [5.74, 6) is 3.45. The summed E-state index contributed by atoms with van der Waals surface area (Å²) < 4.78 is 0. The Kier molecular flexibility index (Phi) is 9.55. The summed E-state index contributed by atoms with van der Waals surface area (Å²) in [6, 6.07) is 22.7. The van der Waals surface area contributed by atoms with Crippen LogP contribution in [0.2, 0.25) is 0 Å². The second kappa shape index (κ2) is 15.6. The first-order valence-electron chi connectivity index (χ1n) is 20.5. The van der Waals surface area contributed by atoms with Crippen LogP contribution >= 0.6 is 0 Å². The maximum atomic E-state index is 5.32.